The number of cyclic esters (lactones) is 1. The van der Waals surface area contributed by atoms with E-state index in [1.807, 2.05) is 0 Å². The van der Waals surface area contributed by atoms with Gasteiger partial charge in [-0.05, 0) is 13.8 Å². The van der Waals surface area contributed by atoms with Gasteiger partial charge in [0.25, 0.3) is 0 Å². The molecule has 1 heterocycles. The van der Waals surface area contributed by atoms with Crippen LogP contribution in [0.4, 0.5) is 0 Å². The predicted octanol–water partition coefficient (Wildman–Crippen LogP) is 1.05. The van der Waals surface area contributed by atoms with Crippen molar-refractivity contribution >= 4 is 11.9 Å². The fourth-order valence-corrected chi connectivity index (χ4v) is 1.49. The summed E-state index contributed by atoms with van der Waals surface area (Å²) in [5, 5.41) is 8.85. The topological polar surface area (TPSA) is 63.6 Å². The minimum Gasteiger partial charge on any atom is -0.481 e. The number of rotatable bonds is 1. The van der Waals surface area contributed by atoms with Crippen molar-refractivity contribution in [1.29, 1.82) is 0 Å². The lowest BCUT2D eigenvalue weighted by Crippen LogP contribution is -2.41. The molecule has 0 spiro atoms. The highest BCUT2D eigenvalue weighted by molar-refractivity contribution is 5.96. The molecule has 74 valence electrons. The first-order chi connectivity index (χ1) is 5.70. The number of hydrogen-bond donors (Lipinski definition) is 1. The molecule has 0 aromatic carbocycles. The molecule has 1 rings (SSSR count). The van der Waals surface area contributed by atoms with E-state index < -0.39 is 28.9 Å². The Morgan fingerprint density at radius 1 is 1.38 bits per heavy atom. The van der Waals surface area contributed by atoms with Gasteiger partial charge in [-0.2, -0.15) is 0 Å². The lowest BCUT2D eigenvalue weighted by molar-refractivity contribution is -0.154. The van der Waals surface area contributed by atoms with Gasteiger partial charge in [0.15, 0.2) is 5.92 Å². The van der Waals surface area contributed by atoms with Gasteiger partial charge in [-0.1, -0.05) is 13.8 Å². The summed E-state index contributed by atoms with van der Waals surface area (Å²) in [5.74, 6) is -2.80. The standard InChI is InChI=1S/C9H14O4/c1-8(2)5(6(10)11)7(12)13-9(8,3)4/h5H,1-4H3,(H,10,11). The molecular formula is C9H14O4. The molecule has 1 unspecified atom stereocenters. The minimum absolute atomic E-state index is 0.637. The van der Waals surface area contributed by atoms with Gasteiger partial charge in [-0.15, -0.1) is 0 Å². The van der Waals surface area contributed by atoms with E-state index in [1.165, 1.54) is 0 Å². The minimum atomic E-state index is -1.11. The smallest absolute Gasteiger partial charge is 0.321 e. The number of aliphatic carboxylic acids is 1. The summed E-state index contributed by atoms with van der Waals surface area (Å²) in [6, 6.07) is 0. The molecule has 0 aliphatic carbocycles. The summed E-state index contributed by atoms with van der Waals surface area (Å²) in [6.07, 6.45) is 0. The number of carbonyl (C=O) groups is 2. The fraction of sp³-hybridized carbons (Fsp3) is 0.778. The Balaban J connectivity index is 3.13. The normalized spacial score (nSPS) is 29.8. The third-order valence-corrected chi connectivity index (χ3v) is 3.11. The van der Waals surface area contributed by atoms with E-state index in [0.29, 0.717) is 0 Å². The molecule has 0 radical (unpaired) electrons. The average molecular weight is 186 g/mol. The van der Waals surface area contributed by atoms with Crippen LogP contribution in [0.5, 0.6) is 0 Å². The highest BCUT2D eigenvalue weighted by atomic mass is 16.6. The number of hydrogen-bond acceptors (Lipinski definition) is 3. The molecule has 0 aromatic heterocycles. The van der Waals surface area contributed by atoms with Crippen LogP contribution in [0, 0.1) is 11.3 Å². The number of carbonyl (C=O) groups excluding carboxylic acids is 1. The van der Waals surface area contributed by atoms with Crippen molar-refractivity contribution in [1.82, 2.24) is 0 Å². The molecule has 0 aromatic rings. The van der Waals surface area contributed by atoms with Crippen LogP contribution in [0.1, 0.15) is 27.7 Å². The van der Waals surface area contributed by atoms with E-state index in [4.69, 9.17) is 9.84 Å². The van der Waals surface area contributed by atoms with Crippen molar-refractivity contribution in [2.45, 2.75) is 33.3 Å². The largest absolute Gasteiger partial charge is 0.481 e. The van der Waals surface area contributed by atoms with Gasteiger partial charge in [0.05, 0.1) is 0 Å². The van der Waals surface area contributed by atoms with Crippen LogP contribution < -0.4 is 0 Å². The summed E-state index contributed by atoms with van der Waals surface area (Å²) in [7, 11) is 0. The second-order valence-corrected chi connectivity index (χ2v) is 4.42. The van der Waals surface area contributed by atoms with E-state index in [2.05, 4.69) is 0 Å². The first kappa shape index (κ1) is 10.0. The number of ether oxygens (including phenoxy) is 1. The van der Waals surface area contributed by atoms with Crippen molar-refractivity contribution in [2.75, 3.05) is 0 Å². The molecular weight excluding hydrogens is 172 g/mol. The maximum atomic E-state index is 11.2. The average Bonchev–Trinajstić information content (AvgIpc) is 1.96. The molecule has 1 fully saturated rings. The maximum absolute atomic E-state index is 11.2. The van der Waals surface area contributed by atoms with Gasteiger partial charge in [0.1, 0.15) is 5.60 Å². The van der Waals surface area contributed by atoms with Crippen molar-refractivity contribution < 1.29 is 19.4 Å². The van der Waals surface area contributed by atoms with Crippen LogP contribution in [0.3, 0.4) is 0 Å². The molecule has 1 aliphatic rings. The van der Waals surface area contributed by atoms with Crippen LogP contribution in [-0.4, -0.2) is 22.6 Å². The Hall–Kier alpha value is -1.06. The van der Waals surface area contributed by atoms with Gasteiger partial charge < -0.3 is 9.84 Å². The van der Waals surface area contributed by atoms with Crippen molar-refractivity contribution in [3.63, 3.8) is 0 Å². The number of esters is 1. The fourth-order valence-electron chi connectivity index (χ4n) is 1.49. The first-order valence-electron chi connectivity index (χ1n) is 4.16. The summed E-state index contributed by atoms with van der Waals surface area (Å²) in [5.41, 5.74) is -1.39. The Kier molecular flexibility index (Phi) is 1.90. The monoisotopic (exact) mass is 186 g/mol. The van der Waals surface area contributed by atoms with Crippen LogP contribution in [-0.2, 0) is 14.3 Å². The van der Waals surface area contributed by atoms with Gasteiger partial charge in [-0.25, -0.2) is 0 Å². The molecule has 4 nitrogen and oxygen atoms in total. The molecule has 1 N–H and O–H groups in total. The Labute approximate surface area is 76.9 Å². The summed E-state index contributed by atoms with van der Waals surface area (Å²) >= 11 is 0. The Morgan fingerprint density at radius 2 is 1.85 bits per heavy atom. The lowest BCUT2D eigenvalue weighted by Gasteiger charge is -2.33. The highest BCUT2D eigenvalue weighted by Gasteiger charge is 2.59. The molecule has 0 amide bonds. The van der Waals surface area contributed by atoms with E-state index in [1.54, 1.807) is 27.7 Å². The van der Waals surface area contributed by atoms with E-state index in [9.17, 15) is 9.59 Å². The SMILES string of the molecule is CC1(C)OC(=O)C(C(=O)O)C1(C)C. The van der Waals surface area contributed by atoms with E-state index >= 15 is 0 Å². The van der Waals surface area contributed by atoms with Gasteiger partial charge in [0, 0.05) is 5.41 Å². The zero-order valence-electron chi connectivity index (χ0n) is 8.25. The van der Waals surface area contributed by atoms with Crippen LogP contribution in [0.2, 0.25) is 0 Å². The van der Waals surface area contributed by atoms with Gasteiger partial charge in [-0.3, -0.25) is 9.59 Å². The molecule has 1 atom stereocenters. The summed E-state index contributed by atoms with van der Waals surface area (Å²) in [6.45, 7) is 6.93. The molecule has 1 aliphatic heterocycles. The molecule has 13 heavy (non-hydrogen) atoms. The second kappa shape index (κ2) is 2.47. The molecule has 0 bridgehead atoms. The van der Waals surface area contributed by atoms with Crippen LogP contribution in [0.25, 0.3) is 0 Å². The lowest BCUT2D eigenvalue weighted by atomic mass is 9.70. The third kappa shape index (κ3) is 1.20. The van der Waals surface area contributed by atoms with Gasteiger partial charge >= 0.3 is 11.9 Å². The first-order valence-corrected chi connectivity index (χ1v) is 4.16. The molecule has 1 saturated heterocycles. The van der Waals surface area contributed by atoms with Crippen molar-refractivity contribution in [3.05, 3.63) is 0 Å². The predicted molar refractivity (Wildman–Crippen MR) is 45.1 cm³/mol. The molecule has 0 saturated carbocycles. The quantitative estimate of drug-likeness (QED) is 0.491. The second-order valence-electron chi connectivity index (χ2n) is 4.42. The zero-order chi connectivity index (χ0) is 10.4. The zero-order valence-corrected chi connectivity index (χ0v) is 8.25. The number of carboxylic acids is 1. The van der Waals surface area contributed by atoms with Crippen LogP contribution >= 0.6 is 0 Å². The maximum Gasteiger partial charge on any atom is 0.321 e. The van der Waals surface area contributed by atoms with Crippen LogP contribution in [0.15, 0.2) is 0 Å². The third-order valence-electron chi connectivity index (χ3n) is 3.11. The summed E-state index contributed by atoms with van der Waals surface area (Å²) < 4.78 is 5.02. The number of carboxylic acid groups (broad SMARTS) is 1. The summed E-state index contributed by atoms with van der Waals surface area (Å²) in [4.78, 5) is 22.1. The van der Waals surface area contributed by atoms with E-state index in [-0.39, 0.29) is 0 Å². The Morgan fingerprint density at radius 3 is 2.00 bits per heavy atom. The van der Waals surface area contributed by atoms with Crippen molar-refractivity contribution in [3.8, 4) is 0 Å². The highest BCUT2D eigenvalue weighted by Crippen LogP contribution is 2.47. The molecule has 4 heteroatoms. The Bertz CT molecular complexity index is 265. The van der Waals surface area contributed by atoms with Gasteiger partial charge in [0.2, 0.25) is 0 Å². The van der Waals surface area contributed by atoms with Crippen molar-refractivity contribution in [2.24, 2.45) is 11.3 Å². The van der Waals surface area contributed by atoms with E-state index in [0.717, 1.165) is 0 Å².